The molecule has 2 rings (SSSR count). The lowest BCUT2D eigenvalue weighted by Crippen LogP contribution is -2.43. The molecule has 4 heteroatoms. The molecule has 3 nitrogen and oxygen atoms in total. The minimum atomic E-state index is -1.77. The molecule has 1 aromatic heterocycles. The quantitative estimate of drug-likeness (QED) is 0.565. The van der Waals surface area contributed by atoms with Gasteiger partial charge >= 0.3 is 0 Å². The molecule has 1 heterocycles. The van der Waals surface area contributed by atoms with Crippen molar-refractivity contribution >= 4 is 8.07 Å². The van der Waals surface area contributed by atoms with Crippen molar-refractivity contribution in [3.63, 3.8) is 0 Å². The van der Waals surface area contributed by atoms with E-state index in [4.69, 9.17) is 4.42 Å². The van der Waals surface area contributed by atoms with E-state index in [2.05, 4.69) is 63.2 Å². The predicted octanol–water partition coefficient (Wildman–Crippen LogP) is 5.31. The average Bonchev–Trinajstić information content (AvgIpc) is 2.96. The normalized spacial score (nSPS) is 11.9. The number of rotatable bonds is 4. The fourth-order valence-corrected chi connectivity index (χ4v) is 8.76. The molecule has 2 aromatic rings. The highest BCUT2D eigenvalue weighted by Gasteiger charge is 2.41. The zero-order valence-electron chi connectivity index (χ0n) is 14.9. The Balaban J connectivity index is 2.35. The van der Waals surface area contributed by atoms with Gasteiger partial charge in [-0.2, -0.15) is 0 Å². The maximum Gasteiger partial charge on any atom is 0.293 e. The number of hydrogen-bond donors (Lipinski definition) is 0. The first-order valence-corrected chi connectivity index (χ1v) is 10.5. The molecule has 0 saturated carbocycles. The van der Waals surface area contributed by atoms with Gasteiger partial charge in [0.25, 0.3) is 5.89 Å². The Morgan fingerprint density at radius 1 is 0.870 bits per heavy atom. The molecule has 122 valence electrons. The van der Waals surface area contributed by atoms with E-state index in [-0.39, 0.29) is 0 Å². The fraction of sp³-hybridized carbons (Fsp3) is 0.474. The summed E-state index contributed by atoms with van der Waals surface area (Å²) in [6.07, 6.45) is 0. The minimum Gasteiger partial charge on any atom is -0.410 e. The van der Waals surface area contributed by atoms with Gasteiger partial charge in [0.2, 0.25) is 5.89 Å². The largest absolute Gasteiger partial charge is 0.410 e. The van der Waals surface area contributed by atoms with Crippen LogP contribution in [0.4, 0.5) is 0 Å². The van der Waals surface area contributed by atoms with Crippen molar-refractivity contribution in [2.75, 3.05) is 0 Å². The Labute approximate surface area is 140 Å². The number of nitrogens with zero attached hydrogens (tertiary/aromatic N) is 2. The Morgan fingerprint density at radius 3 is 1.96 bits per heavy atom. The number of aromatic nitrogens is 2. The van der Waals surface area contributed by atoms with Crippen molar-refractivity contribution < 1.29 is 4.42 Å². The van der Waals surface area contributed by atoms with E-state index in [1.807, 2.05) is 30.3 Å². The van der Waals surface area contributed by atoms with Crippen molar-refractivity contribution in [1.82, 2.24) is 10.2 Å². The molecule has 0 bridgehead atoms. The molecule has 1 aromatic carbocycles. The molecular weight excluding hydrogens is 300 g/mol. The van der Waals surface area contributed by atoms with Gasteiger partial charge in [-0.15, -0.1) is 10.6 Å². The number of benzene rings is 1. The topological polar surface area (TPSA) is 38.9 Å². The molecule has 0 N–H and O–H groups in total. The summed E-state index contributed by atoms with van der Waals surface area (Å²) in [5.41, 5.74) is 6.30. The third-order valence-corrected chi connectivity index (χ3v) is 11.0. The summed E-state index contributed by atoms with van der Waals surface area (Å²) in [4.78, 5) is 0. The Bertz CT molecular complexity index is 671. The van der Waals surface area contributed by atoms with Crippen LogP contribution in [0.2, 0.25) is 16.6 Å². The van der Waals surface area contributed by atoms with Gasteiger partial charge in [0.05, 0.1) is 0 Å². The summed E-state index contributed by atoms with van der Waals surface area (Å²) in [5, 5.41) is 8.22. The fourth-order valence-electron chi connectivity index (χ4n) is 3.57. The van der Waals surface area contributed by atoms with Crippen LogP contribution in [0.15, 0.2) is 34.7 Å². The highest BCUT2D eigenvalue weighted by molar-refractivity contribution is 6.90. The molecule has 0 unspecified atom stereocenters. The highest BCUT2D eigenvalue weighted by Crippen LogP contribution is 2.40. The van der Waals surface area contributed by atoms with E-state index < -0.39 is 8.07 Å². The van der Waals surface area contributed by atoms with E-state index >= 15 is 0 Å². The van der Waals surface area contributed by atoms with Crippen LogP contribution < -0.4 is 0 Å². The van der Waals surface area contributed by atoms with E-state index in [9.17, 15) is 0 Å². The molecule has 0 radical (unpaired) electrons. The van der Waals surface area contributed by atoms with E-state index in [1.54, 1.807) is 0 Å². The highest BCUT2D eigenvalue weighted by atomic mass is 28.3. The first kappa shape index (κ1) is 17.5. The van der Waals surface area contributed by atoms with Crippen molar-refractivity contribution in [2.45, 2.75) is 58.2 Å². The third kappa shape index (κ3) is 3.56. The van der Waals surface area contributed by atoms with Gasteiger partial charge < -0.3 is 4.42 Å². The van der Waals surface area contributed by atoms with Crippen LogP contribution in [0.25, 0.3) is 11.5 Å². The summed E-state index contributed by atoms with van der Waals surface area (Å²) in [6, 6.07) is 9.80. The molecule has 0 aliphatic rings. The van der Waals surface area contributed by atoms with Crippen LogP contribution in [0.1, 0.15) is 47.4 Å². The van der Waals surface area contributed by atoms with Crippen LogP contribution >= 0.6 is 0 Å². The average molecular weight is 327 g/mol. The SMILES string of the molecule is CC(C)[Si](C#Cc1nnc(-c2ccccc2)o1)(C(C)C)C(C)C. The molecule has 0 spiro atoms. The van der Waals surface area contributed by atoms with Gasteiger partial charge in [-0.1, -0.05) is 64.8 Å². The molecule has 0 aliphatic heterocycles. The van der Waals surface area contributed by atoms with Gasteiger partial charge in [-0.3, -0.25) is 0 Å². The second-order valence-corrected chi connectivity index (χ2v) is 12.5. The van der Waals surface area contributed by atoms with Crippen molar-refractivity contribution in [2.24, 2.45) is 0 Å². The van der Waals surface area contributed by atoms with Crippen LogP contribution in [0, 0.1) is 11.5 Å². The molecule has 0 fully saturated rings. The van der Waals surface area contributed by atoms with Crippen molar-refractivity contribution in [1.29, 1.82) is 0 Å². The second kappa shape index (κ2) is 7.14. The molecule has 0 saturated heterocycles. The Hall–Kier alpha value is -1.86. The summed E-state index contributed by atoms with van der Waals surface area (Å²) in [6.45, 7) is 13.8. The van der Waals surface area contributed by atoms with E-state index in [0.29, 0.717) is 28.4 Å². The lowest BCUT2D eigenvalue weighted by atomic mass is 10.2. The monoisotopic (exact) mass is 326 g/mol. The van der Waals surface area contributed by atoms with Gasteiger partial charge in [-0.25, -0.2) is 0 Å². The summed E-state index contributed by atoms with van der Waals surface area (Å²) >= 11 is 0. The van der Waals surface area contributed by atoms with Gasteiger partial charge in [0.1, 0.15) is 8.07 Å². The number of hydrogen-bond acceptors (Lipinski definition) is 3. The summed E-state index contributed by atoms with van der Waals surface area (Å²) in [5.74, 6) is 4.14. The Morgan fingerprint density at radius 2 is 1.43 bits per heavy atom. The smallest absolute Gasteiger partial charge is 0.293 e. The lowest BCUT2D eigenvalue weighted by molar-refractivity contribution is 0.555. The molecular formula is C19H26N2OSi. The van der Waals surface area contributed by atoms with Crippen LogP contribution in [-0.2, 0) is 0 Å². The summed E-state index contributed by atoms with van der Waals surface area (Å²) < 4.78 is 5.73. The van der Waals surface area contributed by atoms with Crippen LogP contribution in [0.5, 0.6) is 0 Å². The third-order valence-electron chi connectivity index (χ3n) is 4.70. The lowest BCUT2D eigenvalue weighted by Gasteiger charge is -2.37. The predicted molar refractivity (Wildman–Crippen MR) is 97.7 cm³/mol. The maximum atomic E-state index is 5.73. The first-order chi connectivity index (χ1) is 10.9. The van der Waals surface area contributed by atoms with Crippen molar-refractivity contribution in [3.8, 4) is 22.9 Å². The van der Waals surface area contributed by atoms with Gasteiger partial charge in [0.15, 0.2) is 0 Å². The van der Waals surface area contributed by atoms with E-state index in [0.717, 1.165) is 5.56 Å². The van der Waals surface area contributed by atoms with Gasteiger partial charge in [0, 0.05) is 5.56 Å². The molecule has 0 aliphatic carbocycles. The Kier molecular flexibility index (Phi) is 5.43. The van der Waals surface area contributed by atoms with E-state index in [1.165, 1.54) is 0 Å². The standard InChI is InChI=1S/C19H26N2OSi/c1-14(2)23(15(3)4,16(5)6)13-12-18-20-21-19(22-18)17-10-8-7-9-11-17/h7-11,14-16H,1-6H3. The van der Waals surface area contributed by atoms with Crippen molar-refractivity contribution in [3.05, 3.63) is 36.2 Å². The minimum absolute atomic E-state index is 0.419. The summed E-state index contributed by atoms with van der Waals surface area (Å²) in [7, 11) is -1.77. The van der Waals surface area contributed by atoms with Crippen LogP contribution in [0.3, 0.4) is 0 Å². The zero-order chi connectivity index (χ0) is 17.0. The van der Waals surface area contributed by atoms with Gasteiger partial charge in [-0.05, 0) is 34.7 Å². The first-order valence-electron chi connectivity index (χ1n) is 8.30. The molecule has 0 atom stereocenters. The molecule has 23 heavy (non-hydrogen) atoms. The zero-order valence-corrected chi connectivity index (χ0v) is 15.9. The van der Waals surface area contributed by atoms with Crippen LogP contribution in [-0.4, -0.2) is 18.3 Å². The second-order valence-electron chi connectivity index (χ2n) is 6.93. The molecule has 0 amide bonds. The maximum absolute atomic E-state index is 5.73.